The molecule has 1 amide bonds. The molecule has 0 aliphatic carbocycles. The van der Waals surface area contributed by atoms with Crippen molar-refractivity contribution >= 4 is 37.7 Å². The van der Waals surface area contributed by atoms with E-state index in [2.05, 4.69) is 31.1 Å². The van der Waals surface area contributed by atoms with Crippen molar-refractivity contribution in [1.29, 1.82) is 0 Å². The van der Waals surface area contributed by atoms with Crippen LogP contribution in [0.4, 0.5) is 5.82 Å². The van der Waals surface area contributed by atoms with Gasteiger partial charge in [0.2, 0.25) is 10.0 Å². The molecule has 1 aromatic carbocycles. The summed E-state index contributed by atoms with van der Waals surface area (Å²) in [4.78, 5) is 11.8. The van der Waals surface area contributed by atoms with Crippen molar-refractivity contribution in [2.24, 2.45) is 0 Å². The molecule has 0 unspecified atom stereocenters. The first-order valence-corrected chi connectivity index (χ1v) is 8.78. The lowest BCUT2D eigenvalue weighted by atomic mass is 10.2. The van der Waals surface area contributed by atoms with Gasteiger partial charge in [-0.05, 0) is 31.2 Å². The zero-order valence-electron chi connectivity index (χ0n) is 11.7. The molecule has 0 aliphatic rings. The van der Waals surface area contributed by atoms with E-state index in [1.165, 1.54) is 6.07 Å². The van der Waals surface area contributed by atoms with Crippen LogP contribution in [0.2, 0.25) is 0 Å². The van der Waals surface area contributed by atoms with Gasteiger partial charge >= 0.3 is 0 Å². The van der Waals surface area contributed by atoms with Crippen LogP contribution in [0.3, 0.4) is 0 Å². The Morgan fingerprint density at radius 1 is 1.32 bits per heavy atom. The van der Waals surface area contributed by atoms with Crippen LogP contribution in [0.1, 0.15) is 16.1 Å². The Bertz CT molecular complexity index is 756. The Hall–Kier alpha value is -1.87. The average molecular weight is 388 g/mol. The van der Waals surface area contributed by atoms with E-state index >= 15 is 0 Å². The van der Waals surface area contributed by atoms with Crippen LogP contribution in [-0.2, 0) is 10.0 Å². The molecule has 0 radical (unpaired) electrons. The van der Waals surface area contributed by atoms with Gasteiger partial charge < -0.3 is 9.84 Å². The number of carbonyl (C=O) groups excluding carboxylic acids is 1. The maximum atomic E-state index is 11.8. The average Bonchev–Trinajstić information content (AvgIpc) is 2.83. The minimum Gasteiger partial charge on any atom is -0.360 e. The topological polar surface area (TPSA) is 101 Å². The van der Waals surface area contributed by atoms with Crippen LogP contribution < -0.4 is 10.0 Å². The number of rotatable bonds is 6. The van der Waals surface area contributed by atoms with Crippen molar-refractivity contribution < 1.29 is 17.7 Å². The lowest BCUT2D eigenvalue weighted by Gasteiger charge is -2.07. The van der Waals surface area contributed by atoms with Gasteiger partial charge in [0.05, 0.1) is 5.75 Å². The van der Waals surface area contributed by atoms with E-state index in [1.807, 2.05) is 0 Å². The molecular weight excluding hydrogens is 374 g/mol. The molecule has 0 saturated heterocycles. The van der Waals surface area contributed by atoms with Crippen molar-refractivity contribution in [3.8, 4) is 0 Å². The van der Waals surface area contributed by atoms with E-state index in [1.54, 1.807) is 31.2 Å². The number of sulfonamides is 1. The number of nitrogens with one attached hydrogen (secondary N) is 2. The predicted molar refractivity (Wildman–Crippen MR) is 85.1 cm³/mol. The summed E-state index contributed by atoms with van der Waals surface area (Å²) in [7, 11) is -3.60. The van der Waals surface area contributed by atoms with Crippen LogP contribution >= 0.6 is 15.9 Å². The minimum absolute atomic E-state index is 0.0128. The Balaban J connectivity index is 1.84. The smallest absolute Gasteiger partial charge is 0.251 e. The van der Waals surface area contributed by atoms with Crippen LogP contribution in [-0.4, -0.2) is 31.8 Å². The van der Waals surface area contributed by atoms with Crippen LogP contribution in [0.25, 0.3) is 0 Å². The number of halogens is 1. The van der Waals surface area contributed by atoms with Gasteiger partial charge in [-0.15, -0.1) is 0 Å². The summed E-state index contributed by atoms with van der Waals surface area (Å²) in [6.07, 6.45) is 0. The Morgan fingerprint density at radius 3 is 2.59 bits per heavy atom. The molecule has 118 valence electrons. The molecule has 2 rings (SSSR count). The van der Waals surface area contributed by atoms with E-state index in [0.717, 1.165) is 4.47 Å². The normalized spacial score (nSPS) is 11.2. The van der Waals surface area contributed by atoms with E-state index in [-0.39, 0.29) is 24.0 Å². The monoisotopic (exact) mass is 387 g/mol. The zero-order valence-corrected chi connectivity index (χ0v) is 14.1. The number of amides is 1. The second kappa shape index (κ2) is 6.93. The highest BCUT2D eigenvalue weighted by atomic mass is 79.9. The molecular formula is C13H14BrN3O4S. The lowest BCUT2D eigenvalue weighted by molar-refractivity contribution is 0.0956. The van der Waals surface area contributed by atoms with E-state index in [9.17, 15) is 13.2 Å². The molecule has 0 fully saturated rings. The molecule has 9 heteroatoms. The highest BCUT2D eigenvalue weighted by Gasteiger charge is 2.14. The van der Waals surface area contributed by atoms with Crippen LogP contribution in [0.5, 0.6) is 0 Å². The van der Waals surface area contributed by atoms with E-state index < -0.39 is 10.0 Å². The van der Waals surface area contributed by atoms with Gasteiger partial charge in [0.1, 0.15) is 5.76 Å². The van der Waals surface area contributed by atoms with Gasteiger partial charge in [-0.3, -0.25) is 9.52 Å². The van der Waals surface area contributed by atoms with Crippen LogP contribution in [0.15, 0.2) is 39.3 Å². The summed E-state index contributed by atoms with van der Waals surface area (Å²) in [5.41, 5.74) is 0.459. The minimum atomic E-state index is -3.60. The fourth-order valence-corrected chi connectivity index (χ4v) is 2.78. The predicted octanol–water partition coefficient (Wildman–Crippen LogP) is 1.92. The Morgan fingerprint density at radius 2 is 2.00 bits per heavy atom. The van der Waals surface area contributed by atoms with Crippen LogP contribution in [0, 0.1) is 6.92 Å². The van der Waals surface area contributed by atoms with E-state index in [0.29, 0.717) is 11.3 Å². The van der Waals surface area contributed by atoms with Crippen molar-refractivity contribution in [1.82, 2.24) is 10.5 Å². The van der Waals surface area contributed by atoms with Crippen molar-refractivity contribution in [3.63, 3.8) is 0 Å². The first kappa shape index (κ1) is 16.5. The third-order valence-electron chi connectivity index (χ3n) is 2.65. The maximum absolute atomic E-state index is 11.8. The number of nitrogens with zero attached hydrogens (tertiary/aromatic N) is 1. The molecule has 22 heavy (non-hydrogen) atoms. The summed E-state index contributed by atoms with van der Waals surface area (Å²) in [6, 6.07) is 8.23. The molecule has 1 aromatic heterocycles. The maximum Gasteiger partial charge on any atom is 0.251 e. The summed E-state index contributed by atoms with van der Waals surface area (Å²) in [5.74, 6) is 0.0271. The van der Waals surface area contributed by atoms with Crippen molar-refractivity contribution in [2.75, 3.05) is 17.0 Å². The fourth-order valence-electron chi connectivity index (χ4n) is 1.63. The number of hydrogen-bond donors (Lipinski definition) is 2. The second-order valence-electron chi connectivity index (χ2n) is 4.51. The molecule has 0 saturated carbocycles. The molecule has 0 aliphatic heterocycles. The summed E-state index contributed by atoms with van der Waals surface area (Å²) in [5, 5.41) is 6.09. The first-order chi connectivity index (χ1) is 10.4. The summed E-state index contributed by atoms with van der Waals surface area (Å²) >= 11 is 3.27. The Kier molecular flexibility index (Phi) is 5.19. The molecule has 0 spiro atoms. The number of aromatic nitrogens is 1. The van der Waals surface area contributed by atoms with Crippen molar-refractivity contribution in [3.05, 3.63) is 46.1 Å². The first-order valence-electron chi connectivity index (χ1n) is 6.33. The summed E-state index contributed by atoms with van der Waals surface area (Å²) < 4.78 is 31.5. The zero-order chi connectivity index (χ0) is 16.2. The van der Waals surface area contributed by atoms with Gasteiger partial charge in [-0.2, -0.15) is 0 Å². The number of aryl methyl sites for hydroxylation is 1. The highest BCUT2D eigenvalue weighted by Crippen LogP contribution is 2.11. The highest BCUT2D eigenvalue weighted by molar-refractivity contribution is 9.10. The molecule has 0 bridgehead atoms. The van der Waals surface area contributed by atoms with E-state index in [4.69, 9.17) is 4.52 Å². The molecule has 2 aromatic rings. The third kappa shape index (κ3) is 4.85. The van der Waals surface area contributed by atoms with Gasteiger partial charge in [-0.1, -0.05) is 21.1 Å². The number of anilines is 1. The number of carbonyl (C=O) groups is 1. The third-order valence-corrected chi connectivity index (χ3v) is 4.44. The SMILES string of the molecule is Cc1cc(NS(=O)(=O)CCNC(=O)c2ccc(Br)cc2)no1. The lowest BCUT2D eigenvalue weighted by Crippen LogP contribution is -2.31. The largest absolute Gasteiger partial charge is 0.360 e. The van der Waals surface area contributed by atoms with Gasteiger partial charge in [0.25, 0.3) is 5.91 Å². The quantitative estimate of drug-likeness (QED) is 0.788. The summed E-state index contributed by atoms with van der Waals surface area (Å²) in [6.45, 7) is 1.64. The van der Waals surface area contributed by atoms with Crippen molar-refractivity contribution in [2.45, 2.75) is 6.92 Å². The Labute approximate surface area is 136 Å². The number of hydrogen-bond acceptors (Lipinski definition) is 5. The van der Waals surface area contributed by atoms with Gasteiger partial charge in [0.15, 0.2) is 5.82 Å². The second-order valence-corrected chi connectivity index (χ2v) is 7.26. The fraction of sp³-hybridized carbons (Fsp3) is 0.231. The standard InChI is InChI=1S/C13H14BrN3O4S/c1-9-8-12(16-21-9)17-22(19,20)7-6-15-13(18)10-2-4-11(14)5-3-10/h2-5,8H,6-7H2,1H3,(H,15,18)(H,16,17). The molecule has 1 heterocycles. The number of benzene rings is 1. The van der Waals surface area contributed by atoms with Gasteiger partial charge in [0, 0.05) is 22.6 Å². The molecule has 2 N–H and O–H groups in total. The van der Waals surface area contributed by atoms with Gasteiger partial charge in [-0.25, -0.2) is 8.42 Å². The molecule has 0 atom stereocenters. The molecule has 7 nitrogen and oxygen atoms in total.